The van der Waals surface area contributed by atoms with E-state index in [0.29, 0.717) is 22.1 Å². The molecule has 0 spiro atoms. The van der Waals surface area contributed by atoms with E-state index < -0.39 is 22.0 Å². The molecule has 9 heteroatoms. The predicted molar refractivity (Wildman–Crippen MR) is 105 cm³/mol. The van der Waals surface area contributed by atoms with Crippen molar-refractivity contribution < 1.29 is 17.9 Å². The molecule has 140 valence electrons. The number of benzene rings is 2. The van der Waals surface area contributed by atoms with Crippen LogP contribution in [-0.4, -0.2) is 33.7 Å². The third-order valence-corrected chi connectivity index (χ3v) is 5.58. The van der Waals surface area contributed by atoms with E-state index in [1.54, 1.807) is 36.4 Å². The molecule has 0 radical (unpaired) electrons. The van der Waals surface area contributed by atoms with Crippen molar-refractivity contribution >= 4 is 50.5 Å². The molecular weight excluding hydrogens is 399 g/mol. The lowest BCUT2D eigenvalue weighted by Gasteiger charge is -2.28. The summed E-state index contributed by atoms with van der Waals surface area (Å²) in [7, 11) is -2.19. The smallest absolute Gasteiger partial charge is 0.247 e. The number of anilines is 2. The number of nitrogens with zero attached hydrogens (tertiary/aromatic N) is 1. The van der Waals surface area contributed by atoms with Gasteiger partial charge in [0.25, 0.3) is 0 Å². The minimum atomic E-state index is -3.70. The first-order chi connectivity index (χ1) is 12.1. The van der Waals surface area contributed by atoms with E-state index in [-0.39, 0.29) is 5.02 Å². The molecular formula is C17H18Cl2N2O4S. The number of hydrogen-bond acceptors (Lipinski definition) is 4. The Morgan fingerprint density at radius 3 is 2.23 bits per heavy atom. The number of sulfonamides is 1. The van der Waals surface area contributed by atoms with Crippen LogP contribution in [0.1, 0.15) is 6.92 Å². The molecule has 0 saturated heterocycles. The molecule has 1 atom stereocenters. The van der Waals surface area contributed by atoms with E-state index >= 15 is 0 Å². The first-order valence-corrected chi connectivity index (χ1v) is 10.1. The number of hydrogen-bond donors (Lipinski definition) is 1. The van der Waals surface area contributed by atoms with Gasteiger partial charge in [0.1, 0.15) is 11.8 Å². The third-order valence-electron chi connectivity index (χ3n) is 3.60. The van der Waals surface area contributed by atoms with E-state index in [0.717, 1.165) is 10.6 Å². The Labute approximate surface area is 162 Å². The number of ether oxygens (including phenoxy) is 1. The molecule has 0 unspecified atom stereocenters. The van der Waals surface area contributed by atoms with Gasteiger partial charge in [0.05, 0.1) is 29.1 Å². The lowest BCUT2D eigenvalue weighted by atomic mass is 10.2. The summed E-state index contributed by atoms with van der Waals surface area (Å²) in [5.41, 5.74) is 0.768. The van der Waals surface area contributed by atoms with Gasteiger partial charge in [-0.1, -0.05) is 23.2 Å². The van der Waals surface area contributed by atoms with Crippen LogP contribution in [0.15, 0.2) is 42.5 Å². The van der Waals surface area contributed by atoms with Gasteiger partial charge < -0.3 is 10.1 Å². The summed E-state index contributed by atoms with van der Waals surface area (Å²) in [5, 5.41) is 3.28. The molecule has 0 aliphatic heterocycles. The highest BCUT2D eigenvalue weighted by Gasteiger charge is 2.29. The summed E-state index contributed by atoms with van der Waals surface area (Å²) < 4.78 is 30.6. The number of halogens is 2. The highest BCUT2D eigenvalue weighted by atomic mass is 35.5. The predicted octanol–water partition coefficient (Wildman–Crippen LogP) is 3.80. The number of carbonyl (C=O) groups excluding carboxylic acids is 1. The zero-order valence-corrected chi connectivity index (χ0v) is 16.7. The van der Waals surface area contributed by atoms with Gasteiger partial charge in [0, 0.05) is 5.69 Å². The van der Waals surface area contributed by atoms with Crippen molar-refractivity contribution in [3.05, 3.63) is 52.5 Å². The topological polar surface area (TPSA) is 75.7 Å². The Bertz CT molecular complexity index is 901. The Morgan fingerprint density at radius 2 is 1.73 bits per heavy atom. The van der Waals surface area contributed by atoms with Gasteiger partial charge in [0.15, 0.2) is 0 Å². The second-order valence-electron chi connectivity index (χ2n) is 5.55. The fourth-order valence-electron chi connectivity index (χ4n) is 2.36. The molecule has 0 aliphatic carbocycles. The monoisotopic (exact) mass is 416 g/mol. The number of nitrogens with one attached hydrogen (secondary N) is 1. The molecule has 0 aromatic heterocycles. The molecule has 26 heavy (non-hydrogen) atoms. The van der Waals surface area contributed by atoms with Gasteiger partial charge in [-0.3, -0.25) is 9.10 Å². The Morgan fingerprint density at radius 1 is 1.12 bits per heavy atom. The van der Waals surface area contributed by atoms with Gasteiger partial charge >= 0.3 is 0 Å². The standard InChI is InChI=1S/C17H18Cl2N2O4S/c1-11(17(22)20-12-4-9-15(18)16(19)10-12)21(26(3,23)24)13-5-7-14(25-2)8-6-13/h4-11H,1-3H3,(H,20,22)/t11-/m1/s1. The van der Waals surface area contributed by atoms with Crippen LogP contribution in [0.5, 0.6) is 5.75 Å². The molecule has 0 heterocycles. The van der Waals surface area contributed by atoms with Gasteiger partial charge in [-0.25, -0.2) is 8.42 Å². The summed E-state index contributed by atoms with van der Waals surface area (Å²) in [5.74, 6) is 0.0692. The molecule has 0 fully saturated rings. The first-order valence-electron chi connectivity index (χ1n) is 7.53. The van der Waals surface area contributed by atoms with Crippen molar-refractivity contribution in [3.8, 4) is 5.75 Å². The quantitative estimate of drug-likeness (QED) is 0.776. The molecule has 1 N–H and O–H groups in total. The summed E-state index contributed by atoms with van der Waals surface area (Å²) >= 11 is 11.8. The Hall–Kier alpha value is -1.96. The number of amides is 1. The maximum absolute atomic E-state index is 12.6. The maximum Gasteiger partial charge on any atom is 0.247 e. The molecule has 6 nitrogen and oxygen atoms in total. The van der Waals surface area contributed by atoms with Crippen LogP contribution < -0.4 is 14.4 Å². The molecule has 0 aliphatic rings. The van der Waals surface area contributed by atoms with Gasteiger partial charge in [-0.05, 0) is 49.4 Å². The van der Waals surface area contributed by atoms with E-state index in [1.807, 2.05) is 0 Å². The van der Waals surface area contributed by atoms with Crippen molar-refractivity contribution in [2.45, 2.75) is 13.0 Å². The zero-order chi connectivity index (χ0) is 19.5. The van der Waals surface area contributed by atoms with Gasteiger partial charge in [0.2, 0.25) is 15.9 Å². The van der Waals surface area contributed by atoms with E-state index in [4.69, 9.17) is 27.9 Å². The minimum absolute atomic E-state index is 0.284. The first kappa shape index (κ1) is 20.4. The van der Waals surface area contributed by atoms with Gasteiger partial charge in [-0.2, -0.15) is 0 Å². The molecule has 1 amide bonds. The van der Waals surface area contributed by atoms with Crippen LogP contribution in [0, 0.1) is 0 Å². The lowest BCUT2D eigenvalue weighted by molar-refractivity contribution is -0.116. The average molecular weight is 417 g/mol. The maximum atomic E-state index is 12.6. The molecule has 2 aromatic rings. The van der Waals surface area contributed by atoms with Crippen LogP contribution in [0.2, 0.25) is 10.0 Å². The van der Waals surface area contributed by atoms with Crippen molar-refractivity contribution in [2.24, 2.45) is 0 Å². The van der Waals surface area contributed by atoms with Crippen molar-refractivity contribution in [1.29, 1.82) is 0 Å². The number of carbonyl (C=O) groups is 1. The largest absolute Gasteiger partial charge is 0.497 e. The second-order valence-corrected chi connectivity index (χ2v) is 8.22. The molecule has 0 saturated carbocycles. The fraction of sp³-hybridized carbons (Fsp3) is 0.235. The van der Waals surface area contributed by atoms with E-state index in [1.165, 1.54) is 20.1 Å². The number of methoxy groups -OCH3 is 1. The Balaban J connectivity index is 2.29. The normalized spacial score (nSPS) is 12.3. The highest BCUT2D eigenvalue weighted by molar-refractivity contribution is 7.92. The van der Waals surface area contributed by atoms with Crippen LogP contribution in [0.4, 0.5) is 11.4 Å². The molecule has 2 rings (SSSR count). The summed E-state index contributed by atoms with van der Waals surface area (Å²) in [4.78, 5) is 12.6. The average Bonchev–Trinajstić information content (AvgIpc) is 2.57. The minimum Gasteiger partial charge on any atom is -0.497 e. The van der Waals surface area contributed by atoms with Crippen molar-refractivity contribution in [2.75, 3.05) is 23.0 Å². The second kappa shape index (κ2) is 8.16. The van der Waals surface area contributed by atoms with Crippen LogP contribution in [0.3, 0.4) is 0 Å². The lowest BCUT2D eigenvalue weighted by Crippen LogP contribution is -2.45. The summed E-state index contributed by atoms with van der Waals surface area (Å²) in [6, 6.07) is 10.0. The van der Waals surface area contributed by atoms with Gasteiger partial charge in [-0.15, -0.1) is 0 Å². The molecule has 2 aromatic carbocycles. The van der Waals surface area contributed by atoms with E-state index in [9.17, 15) is 13.2 Å². The molecule has 0 bridgehead atoms. The fourth-order valence-corrected chi connectivity index (χ4v) is 3.83. The van der Waals surface area contributed by atoms with Crippen molar-refractivity contribution in [1.82, 2.24) is 0 Å². The highest BCUT2D eigenvalue weighted by Crippen LogP contribution is 2.27. The summed E-state index contributed by atoms with van der Waals surface area (Å²) in [6.07, 6.45) is 1.04. The van der Waals surface area contributed by atoms with E-state index in [2.05, 4.69) is 5.32 Å². The van der Waals surface area contributed by atoms with Crippen LogP contribution in [0.25, 0.3) is 0 Å². The van der Waals surface area contributed by atoms with Crippen LogP contribution >= 0.6 is 23.2 Å². The van der Waals surface area contributed by atoms with Crippen LogP contribution in [-0.2, 0) is 14.8 Å². The summed E-state index contributed by atoms with van der Waals surface area (Å²) in [6.45, 7) is 1.50. The number of rotatable bonds is 6. The Kier molecular flexibility index (Phi) is 6.39. The van der Waals surface area contributed by atoms with Crippen molar-refractivity contribution in [3.63, 3.8) is 0 Å². The zero-order valence-electron chi connectivity index (χ0n) is 14.4. The SMILES string of the molecule is COc1ccc(N([C@H](C)C(=O)Nc2ccc(Cl)c(Cl)c2)S(C)(=O)=O)cc1. The third kappa shape index (κ3) is 4.81.